The predicted molar refractivity (Wildman–Crippen MR) is 71.9 cm³/mol. The maximum Gasteiger partial charge on any atom is 0.299 e. The highest BCUT2D eigenvalue weighted by Crippen LogP contribution is 2.32. The van der Waals surface area contributed by atoms with E-state index in [-0.39, 0.29) is 0 Å². The van der Waals surface area contributed by atoms with Crippen molar-refractivity contribution in [3.05, 3.63) is 42.5 Å². The molecule has 0 spiro atoms. The normalized spacial score (nSPS) is 13.8. The van der Waals surface area contributed by atoms with E-state index >= 15 is 0 Å². The summed E-state index contributed by atoms with van der Waals surface area (Å²) in [5, 5.41) is 0. The number of benzene rings is 1. The zero-order valence-corrected chi connectivity index (χ0v) is 10.9. The number of rotatable bonds is 4. The SMILES string of the molecule is COc1ccc2c(c1)N(CCn1ccnc1)C(=O)C2=O. The highest BCUT2D eigenvalue weighted by molar-refractivity contribution is 6.52. The fraction of sp³-hybridized carbons (Fsp3) is 0.214. The largest absolute Gasteiger partial charge is 0.497 e. The summed E-state index contributed by atoms with van der Waals surface area (Å²) in [5.74, 6) is -0.333. The topological polar surface area (TPSA) is 64.4 Å². The number of Topliss-reactive ketones (excluding diaryl/α,β-unsaturated/α-hetero) is 1. The van der Waals surface area contributed by atoms with Gasteiger partial charge in [-0.1, -0.05) is 0 Å². The zero-order chi connectivity index (χ0) is 14.1. The van der Waals surface area contributed by atoms with Gasteiger partial charge in [-0.2, -0.15) is 0 Å². The van der Waals surface area contributed by atoms with Crippen LogP contribution >= 0.6 is 0 Å². The minimum absolute atomic E-state index is 0.418. The Morgan fingerprint density at radius 1 is 1.25 bits per heavy atom. The van der Waals surface area contributed by atoms with Crippen molar-refractivity contribution in [3.8, 4) is 5.75 Å². The molecule has 3 rings (SSSR count). The van der Waals surface area contributed by atoms with Crippen molar-refractivity contribution in [2.24, 2.45) is 0 Å². The Morgan fingerprint density at radius 3 is 2.80 bits per heavy atom. The molecule has 0 saturated heterocycles. The maximum absolute atomic E-state index is 12.0. The van der Waals surface area contributed by atoms with Gasteiger partial charge in [-0.05, 0) is 12.1 Å². The molecule has 0 fully saturated rings. The number of ether oxygens (including phenoxy) is 1. The van der Waals surface area contributed by atoms with Gasteiger partial charge in [-0.25, -0.2) is 4.98 Å². The third-order valence-electron chi connectivity index (χ3n) is 3.32. The molecule has 2 aromatic rings. The molecule has 0 radical (unpaired) electrons. The zero-order valence-electron chi connectivity index (χ0n) is 10.9. The van der Waals surface area contributed by atoms with Gasteiger partial charge in [0, 0.05) is 31.5 Å². The number of aromatic nitrogens is 2. The third kappa shape index (κ3) is 1.95. The second-order valence-corrected chi connectivity index (χ2v) is 4.47. The van der Waals surface area contributed by atoms with Crippen LogP contribution in [-0.2, 0) is 11.3 Å². The van der Waals surface area contributed by atoms with Crippen molar-refractivity contribution in [2.45, 2.75) is 6.54 Å². The average molecular weight is 271 g/mol. The van der Waals surface area contributed by atoms with Crippen molar-refractivity contribution >= 4 is 17.4 Å². The average Bonchev–Trinajstić information content (AvgIpc) is 3.06. The minimum atomic E-state index is -0.492. The van der Waals surface area contributed by atoms with Gasteiger partial charge in [0.05, 0.1) is 24.7 Å². The van der Waals surface area contributed by atoms with Crippen molar-refractivity contribution in [1.82, 2.24) is 9.55 Å². The van der Waals surface area contributed by atoms with Gasteiger partial charge >= 0.3 is 0 Å². The molecule has 2 heterocycles. The van der Waals surface area contributed by atoms with Crippen molar-refractivity contribution in [1.29, 1.82) is 0 Å². The molecule has 6 nitrogen and oxygen atoms in total. The summed E-state index contributed by atoms with van der Waals surface area (Å²) >= 11 is 0. The summed E-state index contributed by atoms with van der Waals surface area (Å²) in [4.78, 5) is 29.4. The van der Waals surface area contributed by atoms with Gasteiger partial charge in [-0.3, -0.25) is 9.59 Å². The van der Waals surface area contributed by atoms with Crippen LogP contribution in [-0.4, -0.2) is 34.9 Å². The van der Waals surface area contributed by atoms with Crippen LogP contribution in [0.1, 0.15) is 10.4 Å². The molecular weight excluding hydrogens is 258 g/mol. The molecule has 0 atom stereocenters. The molecule has 0 saturated carbocycles. The second kappa shape index (κ2) is 4.80. The van der Waals surface area contributed by atoms with Crippen molar-refractivity contribution in [3.63, 3.8) is 0 Å². The molecule has 1 aromatic heterocycles. The molecule has 20 heavy (non-hydrogen) atoms. The number of carbonyl (C=O) groups is 2. The van der Waals surface area contributed by atoms with Crippen molar-refractivity contribution < 1.29 is 14.3 Å². The quantitative estimate of drug-likeness (QED) is 0.782. The molecule has 1 aliphatic rings. The van der Waals surface area contributed by atoms with Gasteiger partial charge in [0.15, 0.2) is 0 Å². The van der Waals surface area contributed by atoms with Crippen molar-refractivity contribution in [2.75, 3.05) is 18.6 Å². The molecule has 6 heteroatoms. The molecular formula is C14H13N3O3. The molecule has 102 valence electrons. The van der Waals surface area contributed by atoms with Crippen LogP contribution in [0, 0.1) is 0 Å². The Morgan fingerprint density at radius 2 is 2.10 bits per heavy atom. The van der Waals surface area contributed by atoms with E-state index in [0.29, 0.717) is 30.1 Å². The van der Waals surface area contributed by atoms with Gasteiger partial charge in [0.2, 0.25) is 0 Å². The Bertz CT molecular complexity index is 664. The molecule has 1 aromatic carbocycles. The van der Waals surface area contributed by atoms with Crippen LogP contribution in [0.2, 0.25) is 0 Å². The third-order valence-corrected chi connectivity index (χ3v) is 3.32. The summed E-state index contributed by atoms with van der Waals surface area (Å²) in [6.45, 7) is 0.997. The van der Waals surface area contributed by atoms with Gasteiger partial charge in [0.25, 0.3) is 11.7 Å². The standard InChI is InChI=1S/C14H13N3O3/c1-20-10-2-3-11-12(8-10)17(14(19)13(11)18)7-6-16-5-4-15-9-16/h2-5,8-9H,6-7H2,1H3. The highest BCUT2D eigenvalue weighted by Gasteiger charge is 2.35. The van der Waals surface area contributed by atoms with E-state index in [4.69, 9.17) is 4.74 Å². The van der Waals surface area contributed by atoms with Crippen LogP contribution in [0.15, 0.2) is 36.9 Å². The lowest BCUT2D eigenvalue weighted by Gasteiger charge is -2.17. The number of hydrogen-bond acceptors (Lipinski definition) is 4. The number of anilines is 1. The van der Waals surface area contributed by atoms with Gasteiger partial charge in [-0.15, -0.1) is 0 Å². The number of amides is 1. The minimum Gasteiger partial charge on any atom is -0.497 e. The molecule has 0 bridgehead atoms. The first-order chi connectivity index (χ1) is 9.70. The molecule has 0 unspecified atom stereocenters. The van der Waals surface area contributed by atoms with E-state index < -0.39 is 11.7 Å². The first-order valence-electron chi connectivity index (χ1n) is 6.20. The molecule has 1 aliphatic heterocycles. The summed E-state index contributed by atoms with van der Waals surface area (Å²) in [5.41, 5.74) is 1.04. The second-order valence-electron chi connectivity index (χ2n) is 4.47. The van der Waals surface area contributed by atoms with Gasteiger partial charge in [0.1, 0.15) is 5.75 Å². The number of imidazole rings is 1. The summed E-state index contributed by atoms with van der Waals surface area (Å²) < 4.78 is 7.00. The number of ketones is 1. The number of hydrogen-bond donors (Lipinski definition) is 0. The van der Waals surface area contributed by atoms with Crippen LogP contribution in [0.3, 0.4) is 0 Å². The fourth-order valence-corrected chi connectivity index (χ4v) is 2.26. The van der Waals surface area contributed by atoms with E-state index in [1.807, 2.05) is 10.8 Å². The van der Waals surface area contributed by atoms with E-state index in [1.165, 1.54) is 4.90 Å². The number of carbonyl (C=O) groups excluding carboxylic acids is 2. The van der Waals surface area contributed by atoms with Gasteiger partial charge < -0.3 is 14.2 Å². The summed E-state index contributed by atoms with van der Waals surface area (Å²) in [7, 11) is 1.55. The Labute approximate surface area is 115 Å². The van der Waals surface area contributed by atoms with E-state index in [1.54, 1.807) is 37.8 Å². The molecule has 1 amide bonds. The van der Waals surface area contributed by atoms with E-state index in [2.05, 4.69) is 4.98 Å². The summed E-state index contributed by atoms with van der Waals surface area (Å²) in [6.07, 6.45) is 5.16. The van der Waals surface area contributed by atoms with E-state index in [9.17, 15) is 9.59 Å². The molecule has 0 aliphatic carbocycles. The first-order valence-corrected chi connectivity index (χ1v) is 6.20. The van der Waals surface area contributed by atoms with Crippen LogP contribution < -0.4 is 9.64 Å². The fourth-order valence-electron chi connectivity index (χ4n) is 2.26. The molecule has 0 N–H and O–H groups in total. The summed E-state index contributed by atoms with van der Waals surface area (Å²) in [6, 6.07) is 5.03. The van der Waals surface area contributed by atoms with Crippen LogP contribution in [0.5, 0.6) is 5.75 Å². The Kier molecular flexibility index (Phi) is 2.98. The maximum atomic E-state index is 12.0. The van der Waals surface area contributed by atoms with Crippen LogP contribution in [0.4, 0.5) is 5.69 Å². The number of methoxy groups -OCH3 is 1. The monoisotopic (exact) mass is 271 g/mol. The Hall–Kier alpha value is -2.63. The van der Waals surface area contributed by atoms with E-state index in [0.717, 1.165) is 0 Å². The Balaban J connectivity index is 1.88. The lowest BCUT2D eigenvalue weighted by atomic mass is 10.1. The lowest BCUT2D eigenvalue weighted by Crippen LogP contribution is -2.32. The van der Waals surface area contributed by atoms with Crippen LogP contribution in [0.25, 0.3) is 0 Å². The first kappa shape index (κ1) is 12.4. The smallest absolute Gasteiger partial charge is 0.299 e. The predicted octanol–water partition coefficient (Wildman–Crippen LogP) is 1.12. The number of nitrogens with zero attached hydrogens (tertiary/aromatic N) is 3. The number of fused-ring (bicyclic) bond motifs is 1. The highest BCUT2D eigenvalue weighted by atomic mass is 16.5. The lowest BCUT2D eigenvalue weighted by molar-refractivity contribution is -0.114.